The lowest BCUT2D eigenvalue weighted by Crippen LogP contribution is -2.30. The SMILES string of the molecule is CCCCCCCCOC(=O)C1=C(C)Nc2nnnn2C1c1cc(Br)ccc1OC. The number of unbranched alkanes of at least 4 members (excludes halogenated alkanes) is 5. The van der Waals surface area contributed by atoms with E-state index >= 15 is 0 Å². The predicted molar refractivity (Wildman–Crippen MR) is 117 cm³/mol. The Bertz CT molecular complexity index is 912. The van der Waals surface area contributed by atoms with Gasteiger partial charge < -0.3 is 14.8 Å². The van der Waals surface area contributed by atoms with Crippen LogP contribution in [0.15, 0.2) is 33.9 Å². The van der Waals surface area contributed by atoms with Crippen molar-refractivity contribution in [3.05, 3.63) is 39.5 Å². The number of nitrogens with one attached hydrogen (secondary N) is 1. The highest BCUT2D eigenvalue weighted by Crippen LogP contribution is 2.40. The van der Waals surface area contributed by atoms with Gasteiger partial charge in [-0.05, 0) is 42.0 Å². The van der Waals surface area contributed by atoms with E-state index in [0.717, 1.165) is 22.9 Å². The van der Waals surface area contributed by atoms with Gasteiger partial charge in [0.2, 0.25) is 5.95 Å². The molecule has 1 unspecified atom stereocenters. The Morgan fingerprint density at radius 1 is 1.23 bits per heavy atom. The smallest absolute Gasteiger partial charge is 0.338 e. The van der Waals surface area contributed by atoms with Crippen molar-refractivity contribution in [2.24, 2.45) is 0 Å². The van der Waals surface area contributed by atoms with Crippen LogP contribution in [0.5, 0.6) is 5.75 Å². The van der Waals surface area contributed by atoms with Gasteiger partial charge in [0.25, 0.3) is 0 Å². The maximum Gasteiger partial charge on any atom is 0.338 e. The average molecular weight is 478 g/mol. The summed E-state index contributed by atoms with van der Waals surface area (Å²) in [5, 5.41) is 15.0. The van der Waals surface area contributed by atoms with Gasteiger partial charge in [-0.3, -0.25) is 0 Å². The molecule has 0 fully saturated rings. The van der Waals surface area contributed by atoms with E-state index in [2.05, 4.69) is 43.7 Å². The van der Waals surface area contributed by atoms with Crippen molar-refractivity contribution in [1.29, 1.82) is 0 Å². The molecule has 30 heavy (non-hydrogen) atoms. The molecular weight excluding hydrogens is 450 g/mol. The van der Waals surface area contributed by atoms with E-state index in [0.29, 0.717) is 29.6 Å². The molecule has 1 aromatic heterocycles. The quantitative estimate of drug-likeness (QED) is 0.393. The van der Waals surface area contributed by atoms with Crippen LogP contribution in [0.3, 0.4) is 0 Å². The van der Waals surface area contributed by atoms with Gasteiger partial charge in [-0.2, -0.15) is 4.68 Å². The van der Waals surface area contributed by atoms with Gasteiger partial charge >= 0.3 is 5.97 Å². The van der Waals surface area contributed by atoms with E-state index in [1.54, 1.807) is 11.8 Å². The van der Waals surface area contributed by atoms with E-state index in [-0.39, 0.29) is 5.97 Å². The summed E-state index contributed by atoms with van der Waals surface area (Å²) in [6.07, 6.45) is 6.78. The lowest BCUT2D eigenvalue weighted by Gasteiger charge is -2.28. The maximum atomic E-state index is 13.1. The number of allylic oxidation sites excluding steroid dienone is 1. The van der Waals surface area contributed by atoms with Gasteiger partial charge in [-0.25, -0.2) is 4.79 Å². The second-order valence-electron chi connectivity index (χ2n) is 7.30. The summed E-state index contributed by atoms with van der Waals surface area (Å²) in [5.41, 5.74) is 1.90. The van der Waals surface area contributed by atoms with Crippen LogP contribution in [-0.4, -0.2) is 39.9 Å². The number of tetrazole rings is 1. The number of aromatic nitrogens is 4. The monoisotopic (exact) mass is 477 g/mol. The number of methoxy groups -OCH3 is 1. The van der Waals surface area contributed by atoms with E-state index in [4.69, 9.17) is 9.47 Å². The summed E-state index contributed by atoms with van der Waals surface area (Å²) in [6, 6.07) is 5.09. The molecule has 1 aromatic carbocycles. The number of hydrogen-bond acceptors (Lipinski definition) is 7. The number of ether oxygens (including phenoxy) is 2. The first-order chi connectivity index (χ1) is 14.6. The fourth-order valence-electron chi connectivity index (χ4n) is 3.61. The molecule has 0 amide bonds. The second kappa shape index (κ2) is 10.6. The summed E-state index contributed by atoms with van der Waals surface area (Å²) in [5.74, 6) is 0.731. The zero-order valence-corrected chi connectivity index (χ0v) is 19.2. The highest BCUT2D eigenvalue weighted by molar-refractivity contribution is 9.10. The van der Waals surface area contributed by atoms with Gasteiger partial charge in [0.15, 0.2) is 0 Å². The first-order valence-corrected chi connectivity index (χ1v) is 11.1. The third kappa shape index (κ3) is 5.00. The topological polar surface area (TPSA) is 91.2 Å². The number of anilines is 1. The molecule has 1 N–H and O–H groups in total. The number of carbonyl (C=O) groups is 1. The van der Waals surface area contributed by atoms with Crippen molar-refractivity contribution in [3.8, 4) is 5.75 Å². The molecule has 0 saturated heterocycles. The van der Waals surface area contributed by atoms with Gasteiger partial charge in [-0.15, -0.1) is 0 Å². The molecule has 0 spiro atoms. The Hall–Kier alpha value is -2.42. The Kier molecular flexibility index (Phi) is 7.84. The third-order valence-corrected chi connectivity index (χ3v) is 5.64. The second-order valence-corrected chi connectivity index (χ2v) is 8.22. The zero-order chi connectivity index (χ0) is 21.5. The highest BCUT2D eigenvalue weighted by Gasteiger charge is 2.36. The molecule has 162 valence electrons. The molecule has 2 heterocycles. The van der Waals surface area contributed by atoms with Crippen LogP contribution in [0.2, 0.25) is 0 Å². The van der Waals surface area contributed by atoms with Gasteiger partial charge in [0.05, 0.1) is 19.3 Å². The number of carbonyl (C=O) groups excluding carboxylic acids is 1. The molecule has 3 rings (SSSR count). The lowest BCUT2D eigenvalue weighted by molar-refractivity contribution is -0.139. The normalized spacial score (nSPS) is 15.5. The van der Waals surface area contributed by atoms with Gasteiger partial charge in [0.1, 0.15) is 11.8 Å². The number of halogens is 1. The number of benzene rings is 1. The molecule has 0 saturated carbocycles. The molecule has 9 heteroatoms. The van der Waals surface area contributed by atoms with E-state index in [1.165, 1.54) is 25.7 Å². The van der Waals surface area contributed by atoms with Crippen LogP contribution in [0.25, 0.3) is 0 Å². The molecule has 1 aliphatic heterocycles. The van der Waals surface area contributed by atoms with Crippen LogP contribution in [0, 0.1) is 0 Å². The molecule has 1 aliphatic rings. The van der Waals surface area contributed by atoms with Gasteiger partial charge in [0, 0.05) is 15.7 Å². The summed E-state index contributed by atoms with van der Waals surface area (Å²) in [6.45, 7) is 4.42. The largest absolute Gasteiger partial charge is 0.496 e. The Morgan fingerprint density at radius 3 is 2.77 bits per heavy atom. The predicted octanol–water partition coefficient (Wildman–Crippen LogP) is 4.64. The van der Waals surface area contributed by atoms with E-state index in [1.807, 2.05) is 25.1 Å². The zero-order valence-electron chi connectivity index (χ0n) is 17.7. The van der Waals surface area contributed by atoms with E-state index < -0.39 is 6.04 Å². The van der Waals surface area contributed by atoms with Crippen LogP contribution in [0.4, 0.5) is 5.95 Å². The minimum atomic E-state index is -0.555. The summed E-state index contributed by atoms with van der Waals surface area (Å²) < 4.78 is 13.6. The number of fused-ring (bicyclic) bond motifs is 1. The molecule has 0 aliphatic carbocycles. The molecular formula is C21H28BrN5O3. The third-order valence-electron chi connectivity index (χ3n) is 5.15. The lowest BCUT2D eigenvalue weighted by atomic mass is 9.95. The van der Waals surface area contributed by atoms with Crippen LogP contribution in [0.1, 0.15) is 64.0 Å². The van der Waals surface area contributed by atoms with Crippen LogP contribution < -0.4 is 10.1 Å². The summed E-state index contributed by atoms with van der Waals surface area (Å²) in [7, 11) is 1.60. The van der Waals surface area contributed by atoms with Gasteiger partial charge in [-0.1, -0.05) is 60.1 Å². The fourth-order valence-corrected chi connectivity index (χ4v) is 3.99. The molecule has 2 aromatic rings. The van der Waals surface area contributed by atoms with Crippen molar-refractivity contribution in [2.75, 3.05) is 19.0 Å². The summed E-state index contributed by atoms with van der Waals surface area (Å²) >= 11 is 3.51. The first kappa shape index (κ1) is 22.3. The minimum absolute atomic E-state index is 0.373. The Labute approximate surface area is 185 Å². The first-order valence-electron chi connectivity index (χ1n) is 10.3. The number of esters is 1. The number of rotatable bonds is 10. The standard InChI is InChI=1S/C21H28BrN5O3/c1-4-5-6-7-8-9-12-30-20(28)18-14(2)23-21-24-25-26-27(21)19(18)16-13-15(22)10-11-17(16)29-3/h10-11,13,19H,4-9,12H2,1-3H3,(H,23,24,26). The molecule has 1 atom stereocenters. The van der Waals surface area contributed by atoms with Crippen molar-refractivity contribution in [1.82, 2.24) is 20.2 Å². The number of hydrogen-bond donors (Lipinski definition) is 1. The Morgan fingerprint density at radius 2 is 2.00 bits per heavy atom. The Balaban J connectivity index is 1.81. The van der Waals surface area contributed by atoms with Crippen molar-refractivity contribution < 1.29 is 14.3 Å². The van der Waals surface area contributed by atoms with Crippen LogP contribution in [-0.2, 0) is 9.53 Å². The van der Waals surface area contributed by atoms with E-state index in [9.17, 15) is 4.79 Å². The molecule has 0 radical (unpaired) electrons. The van der Waals surface area contributed by atoms with Crippen molar-refractivity contribution in [3.63, 3.8) is 0 Å². The van der Waals surface area contributed by atoms with Crippen molar-refractivity contribution in [2.45, 2.75) is 58.4 Å². The van der Waals surface area contributed by atoms with Crippen LogP contribution >= 0.6 is 15.9 Å². The van der Waals surface area contributed by atoms with Crippen molar-refractivity contribution >= 4 is 27.8 Å². The molecule has 8 nitrogen and oxygen atoms in total. The number of nitrogens with zero attached hydrogens (tertiary/aromatic N) is 4. The maximum absolute atomic E-state index is 13.1. The molecule has 0 bridgehead atoms. The summed E-state index contributed by atoms with van der Waals surface area (Å²) in [4.78, 5) is 13.1. The minimum Gasteiger partial charge on any atom is -0.496 e. The highest BCUT2D eigenvalue weighted by atomic mass is 79.9. The fraction of sp³-hybridized carbons (Fsp3) is 0.524. The average Bonchev–Trinajstić information content (AvgIpc) is 3.19.